The number of carboxylic acid groups (broad SMARTS) is 1. The Labute approximate surface area is 129 Å². The second-order valence-corrected chi connectivity index (χ2v) is 6.30. The third-order valence-corrected chi connectivity index (χ3v) is 5.03. The van der Waals surface area contributed by atoms with Crippen molar-refractivity contribution < 1.29 is 14.7 Å². The molecule has 4 nitrogen and oxygen atoms in total. The number of likely N-dealkylation sites (tertiary alicyclic amines) is 1. The molecule has 0 bridgehead atoms. The van der Waals surface area contributed by atoms with Gasteiger partial charge in [0.2, 0.25) is 0 Å². The van der Waals surface area contributed by atoms with Crippen molar-refractivity contribution in [2.24, 2.45) is 11.8 Å². The van der Waals surface area contributed by atoms with E-state index >= 15 is 0 Å². The number of halogens is 2. The molecule has 1 N–H and O–H groups in total. The molecule has 0 aromatic heterocycles. The summed E-state index contributed by atoms with van der Waals surface area (Å²) < 4.78 is 0.900. The average Bonchev–Trinajstić information content (AvgIpc) is 2.30. The van der Waals surface area contributed by atoms with Crippen LogP contribution in [0.4, 0.5) is 0 Å². The number of amides is 1. The van der Waals surface area contributed by atoms with Crippen molar-refractivity contribution in [1.82, 2.24) is 4.90 Å². The molecule has 0 aliphatic carbocycles. The number of hydrogen-bond acceptors (Lipinski definition) is 2. The molecule has 1 saturated heterocycles. The van der Waals surface area contributed by atoms with E-state index in [4.69, 9.17) is 16.7 Å². The van der Waals surface area contributed by atoms with Crippen LogP contribution in [0, 0.1) is 15.4 Å². The van der Waals surface area contributed by atoms with E-state index in [-0.39, 0.29) is 11.8 Å². The first-order chi connectivity index (χ1) is 8.90. The van der Waals surface area contributed by atoms with E-state index in [0.717, 1.165) is 3.57 Å². The molecule has 0 radical (unpaired) electrons. The van der Waals surface area contributed by atoms with E-state index in [0.29, 0.717) is 23.7 Å². The highest BCUT2D eigenvalue weighted by Crippen LogP contribution is 2.27. The first kappa shape index (κ1) is 14.6. The number of nitrogens with zero attached hydrogens (tertiary/aromatic N) is 1. The summed E-state index contributed by atoms with van der Waals surface area (Å²) in [5.74, 6) is -1.27. The van der Waals surface area contributed by atoms with Gasteiger partial charge in [0.25, 0.3) is 5.91 Å². The summed E-state index contributed by atoms with van der Waals surface area (Å²) in [4.78, 5) is 24.6. The maximum Gasteiger partial charge on any atom is 0.306 e. The van der Waals surface area contributed by atoms with Gasteiger partial charge in [0, 0.05) is 28.1 Å². The van der Waals surface area contributed by atoms with Crippen molar-refractivity contribution in [2.75, 3.05) is 13.1 Å². The Kier molecular flexibility index (Phi) is 4.35. The monoisotopic (exact) mass is 393 g/mol. The number of benzene rings is 1. The second kappa shape index (κ2) is 5.66. The number of hydrogen-bond donors (Lipinski definition) is 1. The van der Waals surface area contributed by atoms with Crippen molar-refractivity contribution in [3.63, 3.8) is 0 Å². The lowest BCUT2D eigenvalue weighted by atomic mass is 9.86. The van der Waals surface area contributed by atoms with Crippen LogP contribution in [0.15, 0.2) is 18.2 Å². The van der Waals surface area contributed by atoms with Gasteiger partial charge in [0.15, 0.2) is 0 Å². The smallest absolute Gasteiger partial charge is 0.306 e. The van der Waals surface area contributed by atoms with E-state index in [9.17, 15) is 9.59 Å². The number of carbonyl (C=O) groups excluding carboxylic acids is 1. The van der Waals surface area contributed by atoms with Gasteiger partial charge >= 0.3 is 5.97 Å². The summed E-state index contributed by atoms with van der Waals surface area (Å²) in [6.07, 6.45) is 0. The van der Waals surface area contributed by atoms with Crippen LogP contribution >= 0.6 is 34.2 Å². The first-order valence-electron chi connectivity index (χ1n) is 5.87. The van der Waals surface area contributed by atoms with Gasteiger partial charge in [-0.2, -0.15) is 0 Å². The molecule has 1 atom stereocenters. The molecule has 1 fully saturated rings. The predicted molar refractivity (Wildman–Crippen MR) is 80.4 cm³/mol. The fourth-order valence-corrected chi connectivity index (χ4v) is 2.52. The summed E-state index contributed by atoms with van der Waals surface area (Å²) in [7, 11) is 0. The lowest BCUT2D eigenvalue weighted by Crippen LogP contribution is -2.53. The van der Waals surface area contributed by atoms with Gasteiger partial charge in [-0.3, -0.25) is 9.59 Å². The molecular weight excluding hydrogens is 381 g/mol. The van der Waals surface area contributed by atoms with Crippen molar-refractivity contribution >= 4 is 46.1 Å². The van der Waals surface area contributed by atoms with Gasteiger partial charge in [-0.15, -0.1) is 0 Å². The second-order valence-electron chi connectivity index (χ2n) is 4.73. The minimum Gasteiger partial charge on any atom is -0.481 e. The highest BCUT2D eigenvalue weighted by Gasteiger charge is 2.37. The Morgan fingerprint density at radius 1 is 1.47 bits per heavy atom. The van der Waals surface area contributed by atoms with E-state index in [1.807, 2.05) is 0 Å². The van der Waals surface area contributed by atoms with E-state index < -0.39 is 11.9 Å². The predicted octanol–water partition coefficient (Wildman–Crippen LogP) is 2.74. The third kappa shape index (κ3) is 3.02. The minimum absolute atomic E-state index is 0.0424. The average molecular weight is 394 g/mol. The third-order valence-electron chi connectivity index (χ3n) is 3.46. The van der Waals surface area contributed by atoms with Gasteiger partial charge in [-0.1, -0.05) is 18.5 Å². The summed E-state index contributed by atoms with van der Waals surface area (Å²) in [6.45, 7) is 2.67. The molecule has 1 aromatic carbocycles. The Morgan fingerprint density at radius 3 is 2.63 bits per heavy atom. The summed E-state index contributed by atoms with van der Waals surface area (Å²) in [5.41, 5.74) is 0.548. The largest absolute Gasteiger partial charge is 0.481 e. The highest BCUT2D eigenvalue weighted by molar-refractivity contribution is 14.1. The van der Waals surface area contributed by atoms with Gasteiger partial charge in [0.05, 0.1) is 10.9 Å². The molecule has 102 valence electrons. The first-order valence-corrected chi connectivity index (χ1v) is 7.33. The quantitative estimate of drug-likeness (QED) is 0.804. The number of rotatable bonds is 3. The molecule has 1 aliphatic heterocycles. The molecule has 19 heavy (non-hydrogen) atoms. The van der Waals surface area contributed by atoms with Gasteiger partial charge in [-0.25, -0.2) is 0 Å². The molecule has 2 rings (SSSR count). The van der Waals surface area contributed by atoms with Crippen molar-refractivity contribution in [2.45, 2.75) is 6.92 Å². The van der Waals surface area contributed by atoms with Crippen LogP contribution in [0.5, 0.6) is 0 Å². The molecule has 1 unspecified atom stereocenters. The molecule has 1 heterocycles. The van der Waals surface area contributed by atoms with E-state index in [2.05, 4.69) is 22.6 Å². The van der Waals surface area contributed by atoms with Gasteiger partial charge in [-0.05, 0) is 40.8 Å². The van der Waals surface area contributed by atoms with Crippen LogP contribution in [0.3, 0.4) is 0 Å². The van der Waals surface area contributed by atoms with Crippen molar-refractivity contribution in [1.29, 1.82) is 0 Å². The Balaban J connectivity index is 2.00. The number of carbonyl (C=O) groups is 2. The maximum absolute atomic E-state index is 12.1. The van der Waals surface area contributed by atoms with Gasteiger partial charge < -0.3 is 10.0 Å². The van der Waals surface area contributed by atoms with Crippen LogP contribution in [-0.4, -0.2) is 35.0 Å². The van der Waals surface area contributed by atoms with E-state index in [1.165, 1.54) is 0 Å². The zero-order valence-electron chi connectivity index (χ0n) is 10.3. The molecule has 6 heteroatoms. The van der Waals surface area contributed by atoms with Gasteiger partial charge in [0.1, 0.15) is 0 Å². The topological polar surface area (TPSA) is 57.6 Å². The lowest BCUT2D eigenvalue weighted by molar-refractivity contribution is -0.144. The zero-order chi connectivity index (χ0) is 14.2. The Bertz CT molecular complexity index is 529. The zero-order valence-corrected chi connectivity index (χ0v) is 13.2. The standard InChI is InChI=1S/C13H13ClINO3/c1-7(13(18)19)9-5-16(6-9)12(17)8-2-3-11(15)10(14)4-8/h2-4,7,9H,5-6H2,1H3,(H,18,19). The van der Waals surface area contributed by atoms with Crippen LogP contribution < -0.4 is 0 Å². The molecule has 0 saturated carbocycles. The highest BCUT2D eigenvalue weighted by atomic mass is 127. The summed E-state index contributed by atoms with van der Waals surface area (Å²) >= 11 is 8.09. The summed E-state index contributed by atoms with van der Waals surface area (Å²) in [5, 5.41) is 9.46. The van der Waals surface area contributed by atoms with E-state index in [1.54, 1.807) is 30.0 Å². The maximum atomic E-state index is 12.1. The van der Waals surface area contributed by atoms with Crippen molar-refractivity contribution in [3.8, 4) is 0 Å². The lowest BCUT2D eigenvalue weighted by Gasteiger charge is -2.41. The van der Waals surface area contributed by atoms with Crippen molar-refractivity contribution in [3.05, 3.63) is 32.4 Å². The normalized spacial score (nSPS) is 16.9. The van der Waals surface area contributed by atoms with Crippen LogP contribution in [0.1, 0.15) is 17.3 Å². The Morgan fingerprint density at radius 2 is 2.11 bits per heavy atom. The SMILES string of the molecule is CC(C(=O)O)C1CN(C(=O)c2ccc(I)c(Cl)c2)C1. The fraction of sp³-hybridized carbons (Fsp3) is 0.385. The molecule has 0 spiro atoms. The fourth-order valence-electron chi connectivity index (χ4n) is 2.01. The number of carboxylic acids is 1. The molecule has 1 aromatic rings. The van der Waals surface area contributed by atoms with Crippen LogP contribution in [-0.2, 0) is 4.79 Å². The summed E-state index contributed by atoms with van der Waals surface area (Å²) in [6, 6.07) is 5.19. The van der Waals surface area contributed by atoms with Crippen LogP contribution in [0.25, 0.3) is 0 Å². The molecule has 1 amide bonds. The Hall–Kier alpha value is -0.820. The van der Waals surface area contributed by atoms with Crippen LogP contribution in [0.2, 0.25) is 5.02 Å². The molecule has 1 aliphatic rings. The molecular formula is C13H13ClINO3. The minimum atomic E-state index is -0.811. The number of aliphatic carboxylic acids is 1.